The van der Waals surface area contributed by atoms with Crippen molar-refractivity contribution in [2.24, 2.45) is 5.92 Å². The summed E-state index contributed by atoms with van der Waals surface area (Å²) in [6.07, 6.45) is 0.606. The van der Waals surface area contributed by atoms with Gasteiger partial charge in [0.2, 0.25) is 5.91 Å². The van der Waals surface area contributed by atoms with Crippen LogP contribution in [0.2, 0.25) is 0 Å². The number of aromatic nitrogens is 3. The van der Waals surface area contributed by atoms with Crippen LogP contribution in [0.4, 0.5) is 0 Å². The Balaban J connectivity index is 1.74. The van der Waals surface area contributed by atoms with Gasteiger partial charge in [-0.1, -0.05) is 37.3 Å². The van der Waals surface area contributed by atoms with E-state index in [4.69, 9.17) is 9.47 Å². The smallest absolute Gasteiger partial charge is 0.278 e. The first-order valence-corrected chi connectivity index (χ1v) is 9.79. The number of rotatable bonds is 8. The lowest BCUT2D eigenvalue weighted by molar-refractivity contribution is -0.126. The number of fused-ring (bicyclic) bond motifs is 1. The van der Waals surface area contributed by atoms with Gasteiger partial charge >= 0.3 is 0 Å². The van der Waals surface area contributed by atoms with E-state index in [9.17, 15) is 9.59 Å². The van der Waals surface area contributed by atoms with E-state index < -0.39 is 6.04 Å². The van der Waals surface area contributed by atoms with Gasteiger partial charge in [-0.05, 0) is 42.2 Å². The fourth-order valence-corrected chi connectivity index (χ4v) is 3.35. The van der Waals surface area contributed by atoms with Crippen LogP contribution >= 0.6 is 0 Å². The zero-order valence-corrected chi connectivity index (χ0v) is 17.6. The average molecular weight is 410 g/mol. The summed E-state index contributed by atoms with van der Waals surface area (Å²) in [6.45, 7) is 4.16. The van der Waals surface area contributed by atoms with E-state index in [1.165, 1.54) is 4.68 Å². The highest BCUT2D eigenvalue weighted by Gasteiger charge is 2.27. The summed E-state index contributed by atoms with van der Waals surface area (Å²) < 4.78 is 11.7. The molecule has 0 saturated heterocycles. The molecule has 1 aromatic heterocycles. The lowest BCUT2D eigenvalue weighted by Crippen LogP contribution is -2.42. The summed E-state index contributed by atoms with van der Waals surface area (Å²) >= 11 is 0. The summed E-state index contributed by atoms with van der Waals surface area (Å²) in [4.78, 5) is 25.8. The van der Waals surface area contributed by atoms with Crippen LogP contribution in [0.1, 0.15) is 25.5 Å². The maximum Gasteiger partial charge on any atom is 0.278 e. The van der Waals surface area contributed by atoms with Crippen LogP contribution in [0.25, 0.3) is 10.9 Å². The molecule has 0 unspecified atom stereocenters. The molecule has 0 spiro atoms. The topological polar surface area (TPSA) is 95.3 Å². The third kappa shape index (κ3) is 4.42. The molecular weight excluding hydrogens is 384 g/mol. The highest BCUT2D eigenvalue weighted by atomic mass is 16.5. The second-order valence-electron chi connectivity index (χ2n) is 7.28. The molecule has 0 aliphatic rings. The number of hydrogen-bond donors (Lipinski definition) is 1. The van der Waals surface area contributed by atoms with Gasteiger partial charge in [0.1, 0.15) is 11.6 Å². The Morgan fingerprint density at radius 3 is 2.53 bits per heavy atom. The quantitative estimate of drug-likeness (QED) is 0.613. The number of nitrogens with one attached hydrogen (secondary N) is 1. The molecule has 0 aliphatic heterocycles. The fraction of sp³-hybridized carbons (Fsp3) is 0.364. The first-order valence-electron chi connectivity index (χ1n) is 9.79. The maximum absolute atomic E-state index is 12.9. The lowest BCUT2D eigenvalue weighted by atomic mass is 10.0. The molecule has 30 heavy (non-hydrogen) atoms. The Labute approximate surface area is 174 Å². The normalized spacial score (nSPS) is 12.0. The fourth-order valence-electron chi connectivity index (χ4n) is 3.35. The molecule has 3 rings (SSSR count). The van der Waals surface area contributed by atoms with E-state index in [2.05, 4.69) is 15.6 Å². The van der Waals surface area contributed by atoms with Crippen molar-refractivity contribution in [1.29, 1.82) is 0 Å². The van der Waals surface area contributed by atoms with Gasteiger partial charge in [-0.15, -0.1) is 5.10 Å². The van der Waals surface area contributed by atoms with Crippen molar-refractivity contribution >= 4 is 16.8 Å². The monoisotopic (exact) mass is 410 g/mol. The van der Waals surface area contributed by atoms with Crippen molar-refractivity contribution in [2.45, 2.75) is 26.3 Å². The van der Waals surface area contributed by atoms with Crippen molar-refractivity contribution in [1.82, 2.24) is 20.3 Å². The van der Waals surface area contributed by atoms with Crippen LogP contribution < -0.4 is 20.3 Å². The zero-order valence-electron chi connectivity index (χ0n) is 17.6. The Morgan fingerprint density at radius 1 is 1.10 bits per heavy atom. The first kappa shape index (κ1) is 21.3. The van der Waals surface area contributed by atoms with Crippen LogP contribution in [-0.2, 0) is 11.2 Å². The minimum Gasteiger partial charge on any atom is -0.493 e. The van der Waals surface area contributed by atoms with Gasteiger partial charge in [-0.25, -0.2) is 0 Å². The molecule has 1 amide bonds. The second kappa shape index (κ2) is 9.39. The molecule has 1 atom stereocenters. The molecule has 0 saturated carbocycles. The number of methoxy groups -OCH3 is 2. The lowest BCUT2D eigenvalue weighted by Gasteiger charge is -2.21. The summed E-state index contributed by atoms with van der Waals surface area (Å²) in [5.41, 5.74) is 1.18. The van der Waals surface area contributed by atoms with Gasteiger partial charge in [0.25, 0.3) is 5.56 Å². The SMILES string of the molecule is COc1ccc(CCNC(=O)[C@H](C(C)C)n2nnc3ccccc3c2=O)cc1OC. The van der Waals surface area contributed by atoms with Gasteiger partial charge in [-0.3, -0.25) is 9.59 Å². The third-order valence-corrected chi connectivity index (χ3v) is 4.92. The number of nitrogens with zero attached hydrogens (tertiary/aromatic N) is 3. The summed E-state index contributed by atoms with van der Waals surface area (Å²) in [5.74, 6) is 0.884. The van der Waals surface area contributed by atoms with Gasteiger partial charge in [0, 0.05) is 6.54 Å². The average Bonchev–Trinajstić information content (AvgIpc) is 2.75. The van der Waals surface area contributed by atoms with E-state index in [1.807, 2.05) is 32.0 Å². The van der Waals surface area contributed by atoms with Gasteiger partial charge in [-0.2, -0.15) is 4.68 Å². The van der Waals surface area contributed by atoms with E-state index >= 15 is 0 Å². The number of hydrogen-bond acceptors (Lipinski definition) is 6. The standard InChI is InChI=1S/C22H26N4O4/c1-14(2)20(26-22(28)16-7-5-6-8-17(16)24-25-26)21(27)23-12-11-15-9-10-18(29-3)19(13-15)30-4/h5-10,13-14,20H,11-12H2,1-4H3,(H,23,27)/t20-/m0/s1. The van der Waals surface area contributed by atoms with Gasteiger partial charge < -0.3 is 14.8 Å². The molecule has 0 radical (unpaired) electrons. The largest absolute Gasteiger partial charge is 0.493 e. The van der Waals surface area contributed by atoms with Crippen molar-refractivity contribution in [3.05, 3.63) is 58.4 Å². The third-order valence-electron chi connectivity index (χ3n) is 4.92. The molecule has 158 valence electrons. The van der Waals surface area contributed by atoms with Crippen LogP contribution in [0.15, 0.2) is 47.3 Å². The van der Waals surface area contributed by atoms with Crippen LogP contribution in [0.5, 0.6) is 11.5 Å². The van der Waals surface area contributed by atoms with Crippen LogP contribution in [-0.4, -0.2) is 41.7 Å². The molecular formula is C22H26N4O4. The molecule has 1 N–H and O–H groups in total. The van der Waals surface area contributed by atoms with Crippen molar-refractivity contribution < 1.29 is 14.3 Å². The van der Waals surface area contributed by atoms with Gasteiger partial charge in [0.15, 0.2) is 11.5 Å². The van der Waals surface area contributed by atoms with E-state index in [0.717, 1.165) is 5.56 Å². The summed E-state index contributed by atoms with van der Waals surface area (Å²) in [7, 11) is 3.17. The molecule has 0 bridgehead atoms. The summed E-state index contributed by atoms with van der Waals surface area (Å²) in [5, 5.41) is 11.5. The highest BCUT2D eigenvalue weighted by Crippen LogP contribution is 2.27. The Morgan fingerprint density at radius 2 is 1.83 bits per heavy atom. The number of amides is 1. The highest BCUT2D eigenvalue weighted by molar-refractivity contribution is 5.81. The zero-order chi connectivity index (χ0) is 21.7. The number of carbonyl (C=O) groups excluding carboxylic acids is 1. The summed E-state index contributed by atoms with van der Waals surface area (Å²) in [6, 6.07) is 11.9. The first-order chi connectivity index (χ1) is 14.5. The Hall–Kier alpha value is -3.42. The molecule has 0 fully saturated rings. The molecule has 3 aromatic rings. The van der Waals surface area contributed by atoms with E-state index in [1.54, 1.807) is 38.5 Å². The van der Waals surface area contributed by atoms with Crippen molar-refractivity contribution in [3.63, 3.8) is 0 Å². The van der Waals surface area contributed by atoms with Crippen LogP contribution in [0, 0.1) is 5.92 Å². The number of carbonyl (C=O) groups is 1. The molecule has 1 heterocycles. The Bertz CT molecular complexity index is 1090. The van der Waals surface area contributed by atoms with Crippen molar-refractivity contribution in [2.75, 3.05) is 20.8 Å². The predicted octanol–water partition coefficient (Wildman–Crippen LogP) is 2.36. The molecule has 8 nitrogen and oxygen atoms in total. The van der Waals surface area contributed by atoms with E-state index in [0.29, 0.717) is 35.4 Å². The molecule has 8 heteroatoms. The minimum atomic E-state index is -0.750. The number of ether oxygens (including phenoxy) is 2. The Kier molecular flexibility index (Phi) is 6.66. The van der Waals surface area contributed by atoms with Crippen molar-refractivity contribution in [3.8, 4) is 11.5 Å². The van der Waals surface area contributed by atoms with Crippen LogP contribution in [0.3, 0.4) is 0 Å². The van der Waals surface area contributed by atoms with Gasteiger partial charge in [0.05, 0.1) is 19.6 Å². The van der Waals surface area contributed by atoms with E-state index in [-0.39, 0.29) is 17.4 Å². The minimum absolute atomic E-state index is 0.140. The molecule has 2 aromatic carbocycles. The number of benzene rings is 2. The molecule has 0 aliphatic carbocycles. The second-order valence-corrected chi connectivity index (χ2v) is 7.28. The predicted molar refractivity (Wildman–Crippen MR) is 114 cm³/mol. The maximum atomic E-state index is 12.9.